The van der Waals surface area contributed by atoms with Crippen LogP contribution in [0.5, 0.6) is 0 Å². The number of benzene rings is 1. The fourth-order valence-corrected chi connectivity index (χ4v) is 1.60. The number of amides is 1. The van der Waals surface area contributed by atoms with E-state index in [2.05, 4.69) is 10.2 Å². The summed E-state index contributed by atoms with van der Waals surface area (Å²) in [6.07, 6.45) is 4.84. The minimum Gasteiger partial charge on any atom is -0.353 e. The molecule has 0 atom stereocenters. The van der Waals surface area contributed by atoms with Crippen molar-refractivity contribution in [1.29, 1.82) is 0 Å². The summed E-state index contributed by atoms with van der Waals surface area (Å²) in [7, 11) is 4.05. The van der Waals surface area contributed by atoms with E-state index in [0.717, 1.165) is 19.4 Å². The fraction of sp³-hybridized carbons (Fsp3) is 0.400. The van der Waals surface area contributed by atoms with Gasteiger partial charge in [0.05, 0.1) is 0 Å². The lowest BCUT2D eigenvalue weighted by molar-refractivity contribution is -0.116. The van der Waals surface area contributed by atoms with Gasteiger partial charge in [0.15, 0.2) is 0 Å². The largest absolute Gasteiger partial charge is 0.353 e. The highest BCUT2D eigenvalue weighted by Gasteiger charge is 1.98. The van der Waals surface area contributed by atoms with Crippen molar-refractivity contribution in [3.05, 3.63) is 41.7 Å². The number of carbonyl (C=O) groups is 1. The fourth-order valence-electron chi connectivity index (χ4n) is 1.60. The van der Waals surface area contributed by atoms with E-state index in [1.807, 2.05) is 14.1 Å². The molecule has 0 aliphatic rings. The van der Waals surface area contributed by atoms with Crippen LogP contribution in [0.25, 0.3) is 6.08 Å². The van der Waals surface area contributed by atoms with Crippen molar-refractivity contribution >= 4 is 12.0 Å². The molecule has 0 unspecified atom stereocenters. The van der Waals surface area contributed by atoms with Crippen LogP contribution in [0.15, 0.2) is 30.3 Å². The van der Waals surface area contributed by atoms with Crippen LogP contribution < -0.4 is 5.32 Å². The molecule has 1 aromatic rings. The smallest absolute Gasteiger partial charge is 0.244 e. The Labute approximate surface area is 114 Å². The minimum absolute atomic E-state index is 0.187. The summed E-state index contributed by atoms with van der Waals surface area (Å²) < 4.78 is 13.3. The normalized spacial score (nSPS) is 11.2. The molecule has 1 N–H and O–H groups in total. The molecule has 0 saturated carbocycles. The number of hydrogen-bond acceptors (Lipinski definition) is 2. The zero-order chi connectivity index (χ0) is 14.1. The Bertz CT molecular complexity index is 430. The van der Waals surface area contributed by atoms with Crippen molar-refractivity contribution in [3.8, 4) is 0 Å². The summed E-state index contributed by atoms with van der Waals surface area (Å²) >= 11 is 0. The molecule has 0 fully saturated rings. The molecule has 0 spiro atoms. The summed E-state index contributed by atoms with van der Waals surface area (Å²) in [5.74, 6) is -0.509. The summed E-state index contributed by atoms with van der Waals surface area (Å²) in [6, 6.07) is 6.37. The van der Waals surface area contributed by atoms with E-state index < -0.39 is 0 Å². The third kappa shape index (κ3) is 6.72. The van der Waals surface area contributed by atoms with Crippen molar-refractivity contribution in [3.63, 3.8) is 0 Å². The van der Waals surface area contributed by atoms with Crippen molar-refractivity contribution in [2.75, 3.05) is 27.2 Å². The average Bonchev–Trinajstić information content (AvgIpc) is 2.37. The van der Waals surface area contributed by atoms with Gasteiger partial charge in [-0.1, -0.05) is 18.2 Å². The van der Waals surface area contributed by atoms with Gasteiger partial charge in [0.25, 0.3) is 0 Å². The second kappa shape index (κ2) is 8.43. The molecular weight excluding hydrogens is 243 g/mol. The zero-order valence-corrected chi connectivity index (χ0v) is 11.5. The van der Waals surface area contributed by atoms with Crippen LogP contribution in [0.1, 0.15) is 18.4 Å². The van der Waals surface area contributed by atoms with E-state index in [1.54, 1.807) is 18.2 Å². The molecule has 3 nitrogen and oxygen atoms in total. The molecule has 1 aromatic carbocycles. The van der Waals surface area contributed by atoms with Gasteiger partial charge in [-0.15, -0.1) is 0 Å². The van der Waals surface area contributed by atoms with Crippen molar-refractivity contribution in [2.45, 2.75) is 12.8 Å². The molecule has 0 aliphatic carbocycles. The van der Waals surface area contributed by atoms with Crippen LogP contribution in [-0.2, 0) is 4.79 Å². The van der Waals surface area contributed by atoms with Crippen LogP contribution in [0.3, 0.4) is 0 Å². The van der Waals surface area contributed by atoms with Gasteiger partial charge in [-0.05, 0) is 45.6 Å². The second-order valence-electron chi connectivity index (χ2n) is 4.66. The van der Waals surface area contributed by atoms with E-state index in [-0.39, 0.29) is 11.7 Å². The van der Waals surface area contributed by atoms with Gasteiger partial charge in [0, 0.05) is 18.2 Å². The van der Waals surface area contributed by atoms with Gasteiger partial charge in [-0.25, -0.2) is 4.39 Å². The highest BCUT2D eigenvalue weighted by atomic mass is 19.1. The van der Waals surface area contributed by atoms with Gasteiger partial charge in [0.1, 0.15) is 5.82 Å². The summed E-state index contributed by atoms with van der Waals surface area (Å²) in [6.45, 7) is 1.66. The Balaban J connectivity index is 2.26. The Morgan fingerprint density at radius 3 is 2.74 bits per heavy atom. The number of carbonyl (C=O) groups excluding carboxylic acids is 1. The molecule has 0 saturated heterocycles. The number of rotatable bonds is 7. The monoisotopic (exact) mass is 264 g/mol. The lowest BCUT2D eigenvalue weighted by atomic mass is 10.2. The lowest BCUT2D eigenvalue weighted by Crippen LogP contribution is -2.23. The van der Waals surface area contributed by atoms with Gasteiger partial charge >= 0.3 is 0 Å². The number of unbranched alkanes of at least 4 members (excludes halogenated alkanes) is 1. The SMILES string of the molecule is CN(C)CCCCNC(=O)C=Cc1ccccc1F. The topological polar surface area (TPSA) is 32.3 Å². The van der Waals surface area contributed by atoms with E-state index in [4.69, 9.17) is 0 Å². The molecule has 4 heteroatoms. The third-order valence-electron chi connectivity index (χ3n) is 2.65. The predicted octanol–water partition coefficient (Wildman–Crippen LogP) is 2.30. The second-order valence-corrected chi connectivity index (χ2v) is 4.66. The maximum Gasteiger partial charge on any atom is 0.244 e. The summed E-state index contributed by atoms with van der Waals surface area (Å²) in [5, 5.41) is 2.78. The first-order valence-electron chi connectivity index (χ1n) is 6.45. The Hall–Kier alpha value is -1.68. The van der Waals surface area contributed by atoms with Gasteiger partial charge in [0.2, 0.25) is 5.91 Å². The first-order valence-corrected chi connectivity index (χ1v) is 6.45. The number of halogens is 1. The molecular formula is C15H21FN2O. The quantitative estimate of drug-likeness (QED) is 0.605. The van der Waals surface area contributed by atoms with Crippen LogP contribution >= 0.6 is 0 Å². The molecule has 0 heterocycles. The predicted molar refractivity (Wildman–Crippen MR) is 76.2 cm³/mol. The van der Waals surface area contributed by atoms with Gasteiger partial charge < -0.3 is 10.2 Å². The van der Waals surface area contributed by atoms with E-state index in [9.17, 15) is 9.18 Å². The van der Waals surface area contributed by atoms with Gasteiger partial charge in [-0.2, -0.15) is 0 Å². The van der Waals surface area contributed by atoms with E-state index >= 15 is 0 Å². The van der Waals surface area contributed by atoms with Crippen molar-refractivity contribution in [2.24, 2.45) is 0 Å². The first kappa shape index (κ1) is 15.4. The zero-order valence-electron chi connectivity index (χ0n) is 11.5. The van der Waals surface area contributed by atoms with Crippen LogP contribution in [0.2, 0.25) is 0 Å². The Morgan fingerprint density at radius 2 is 2.05 bits per heavy atom. The minimum atomic E-state index is -0.322. The number of hydrogen-bond donors (Lipinski definition) is 1. The van der Waals surface area contributed by atoms with E-state index in [1.165, 1.54) is 18.2 Å². The van der Waals surface area contributed by atoms with Crippen molar-refractivity contribution < 1.29 is 9.18 Å². The Morgan fingerprint density at radius 1 is 1.32 bits per heavy atom. The molecule has 0 radical (unpaired) electrons. The molecule has 1 amide bonds. The standard InChI is InChI=1S/C15H21FN2O/c1-18(2)12-6-5-11-17-15(19)10-9-13-7-3-4-8-14(13)16/h3-4,7-10H,5-6,11-12H2,1-2H3,(H,17,19). The average molecular weight is 264 g/mol. The highest BCUT2D eigenvalue weighted by molar-refractivity contribution is 5.91. The molecule has 0 aliphatic heterocycles. The van der Waals surface area contributed by atoms with Crippen LogP contribution in [-0.4, -0.2) is 38.0 Å². The maximum atomic E-state index is 13.3. The van der Waals surface area contributed by atoms with Crippen LogP contribution in [0.4, 0.5) is 4.39 Å². The Kier molecular flexibility index (Phi) is 6.82. The lowest BCUT2D eigenvalue weighted by Gasteiger charge is -2.08. The molecule has 0 aromatic heterocycles. The molecule has 0 bridgehead atoms. The van der Waals surface area contributed by atoms with Crippen LogP contribution in [0, 0.1) is 5.82 Å². The summed E-state index contributed by atoms with van der Waals surface area (Å²) in [4.78, 5) is 13.6. The molecule has 1 rings (SSSR count). The number of nitrogens with zero attached hydrogens (tertiary/aromatic N) is 1. The first-order chi connectivity index (χ1) is 9.09. The van der Waals surface area contributed by atoms with Crippen molar-refractivity contribution in [1.82, 2.24) is 10.2 Å². The number of nitrogens with one attached hydrogen (secondary N) is 1. The summed E-state index contributed by atoms with van der Waals surface area (Å²) in [5.41, 5.74) is 0.422. The highest BCUT2D eigenvalue weighted by Crippen LogP contribution is 2.07. The van der Waals surface area contributed by atoms with E-state index in [0.29, 0.717) is 12.1 Å². The molecule has 104 valence electrons. The van der Waals surface area contributed by atoms with Gasteiger partial charge in [-0.3, -0.25) is 4.79 Å². The maximum absolute atomic E-state index is 13.3. The third-order valence-corrected chi connectivity index (χ3v) is 2.65. The molecule has 19 heavy (non-hydrogen) atoms.